The summed E-state index contributed by atoms with van der Waals surface area (Å²) >= 11 is 0. The van der Waals surface area contributed by atoms with Crippen molar-refractivity contribution in [1.29, 1.82) is 0 Å². The van der Waals surface area contributed by atoms with Crippen molar-refractivity contribution in [2.45, 2.75) is 51.9 Å². The Balaban J connectivity index is 2.40. The summed E-state index contributed by atoms with van der Waals surface area (Å²) in [4.78, 5) is 10.6. The molecule has 0 spiro atoms. The summed E-state index contributed by atoms with van der Waals surface area (Å²) in [6, 6.07) is 3.30. The summed E-state index contributed by atoms with van der Waals surface area (Å²) in [6.07, 6.45) is 5.99. The summed E-state index contributed by atoms with van der Waals surface area (Å²) in [5.41, 5.74) is 0. The summed E-state index contributed by atoms with van der Waals surface area (Å²) < 4.78 is 5.26. The lowest BCUT2D eigenvalue weighted by Gasteiger charge is -2.07. The zero-order valence-electron chi connectivity index (χ0n) is 10.0. The number of furan rings is 1. The van der Waals surface area contributed by atoms with Gasteiger partial charge in [0.1, 0.15) is 5.76 Å². The van der Waals surface area contributed by atoms with Gasteiger partial charge >= 0.3 is 5.97 Å². The minimum atomic E-state index is -0.996. The Morgan fingerprint density at radius 2 is 2.12 bits per heavy atom. The lowest BCUT2D eigenvalue weighted by molar-refractivity contribution is 0.0659. The Bertz CT molecular complexity index is 328. The van der Waals surface area contributed by atoms with E-state index < -0.39 is 5.97 Å². The van der Waals surface area contributed by atoms with Crippen LogP contribution < -0.4 is 0 Å². The molecular formula is C13H20O3. The van der Waals surface area contributed by atoms with Gasteiger partial charge in [0.15, 0.2) is 0 Å². The summed E-state index contributed by atoms with van der Waals surface area (Å²) in [5.74, 6) is 0.138. The molecule has 1 rings (SSSR count). The molecule has 0 bridgehead atoms. The summed E-state index contributed by atoms with van der Waals surface area (Å²) in [6.45, 7) is 4.27. The maximum Gasteiger partial charge on any atom is 0.371 e. The molecule has 0 aliphatic rings. The van der Waals surface area contributed by atoms with Crippen molar-refractivity contribution in [2.24, 2.45) is 0 Å². The summed E-state index contributed by atoms with van der Waals surface area (Å²) in [7, 11) is 0. The van der Waals surface area contributed by atoms with Crippen LogP contribution in [-0.4, -0.2) is 11.1 Å². The molecule has 1 unspecified atom stereocenters. The maximum atomic E-state index is 10.6. The van der Waals surface area contributed by atoms with Crippen LogP contribution in [0.15, 0.2) is 16.5 Å². The number of hydrogen-bond acceptors (Lipinski definition) is 2. The molecule has 1 N–H and O–H groups in total. The van der Waals surface area contributed by atoms with Gasteiger partial charge in [-0.25, -0.2) is 4.79 Å². The maximum absolute atomic E-state index is 10.6. The molecule has 0 amide bonds. The first kappa shape index (κ1) is 12.8. The van der Waals surface area contributed by atoms with Gasteiger partial charge in [0.2, 0.25) is 5.76 Å². The third-order valence-electron chi connectivity index (χ3n) is 2.81. The van der Waals surface area contributed by atoms with Gasteiger partial charge in [-0.3, -0.25) is 0 Å². The van der Waals surface area contributed by atoms with Crippen LogP contribution in [0.2, 0.25) is 0 Å². The normalized spacial score (nSPS) is 12.6. The number of carbonyl (C=O) groups is 1. The van der Waals surface area contributed by atoms with Gasteiger partial charge in [0, 0.05) is 5.92 Å². The quantitative estimate of drug-likeness (QED) is 0.711. The van der Waals surface area contributed by atoms with E-state index in [0.29, 0.717) is 5.92 Å². The third-order valence-corrected chi connectivity index (χ3v) is 2.81. The average molecular weight is 224 g/mol. The zero-order valence-corrected chi connectivity index (χ0v) is 10.0. The molecule has 3 nitrogen and oxygen atoms in total. The Morgan fingerprint density at radius 3 is 2.69 bits per heavy atom. The fraction of sp³-hybridized carbons (Fsp3) is 0.615. The smallest absolute Gasteiger partial charge is 0.371 e. The molecule has 0 fully saturated rings. The van der Waals surface area contributed by atoms with E-state index in [-0.39, 0.29) is 5.76 Å². The van der Waals surface area contributed by atoms with Crippen LogP contribution in [0.4, 0.5) is 0 Å². The number of aromatic carboxylic acids is 1. The Morgan fingerprint density at radius 1 is 1.38 bits per heavy atom. The van der Waals surface area contributed by atoms with Gasteiger partial charge in [0.05, 0.1) is 0 Å². The molecule has 0 saturated carbocycles. The molecule has 0 aromatic carbocycles. The highest BCUT2D eigenvalue weighted by atomic mass is 16.4. The fourth-order valence-electron chi connectivity index (χ4n) is 1.75. The molecular weight excluding hydrogens is 204 g/mol. The summed E-state index contributed by atoms with van der Waals surface area (Å²) in [5, 5.41) is 8.73. The molecule has 0 aliphatic carbocycles. The van der Waals surface area contributed by atoms with Crippen molar-refractivity contribution >= 4 is 5.97 Å². The van der Waals surface area contributed by atoms with Crippen molar-refractivity contribution in [3.8, 4) is 0 Å². The van der Waals surface area contributed by atoms with E-state index in [2.05, 4.69) is 13.8 Å². The molecule has 0 aliphatic heterocycles. The van der Waals surface area contributed by atoms with Crippen molar-refractivity contribution < 1.29 is 14.3 Å². The molecule has 0 radical (unpaired) electrons. The number of hydrogen-bond donors (Lipinski definition) is 1. The highest BCUT2D eigenvalue weighted by Crippen LogP contribution is 2.24. The first-order valence-electron chi connectivity index (χ1n) is 5.98. The van der Waals surface area contributed by atoms with E-state index in [0.717, 1.165) is 12.2 Å². The third kappa shape index (κ3) is 3.72. The first-order chi connectivity index (χ1) is 7.65. The number of rotatable bonds is 7. The SMILES string of the molecule is CCCCCCC(C)c1ccc(C(=O)O)o1. The first-order valence-corrected chi connectivity index (χ1v) is 5.98. The number of carboxylic acid groups (broad SMARTS) is 1. The van der Waals surface area contributed by atoms with Crippen LogP contribution in [0, 0.1) is 0 Å². The van der Waals surface area contributed by atoms with Gasteiger partial charge in [-0.2, -0.15) is 0 Å². The van der Waals surface area contributed by atoms with Crippen LogP contribution in [-0.2, 0) is 0 Å². The van der Waals surface area contributed by atoms with Crippen LogP contribution in [0.25, 0.3) is 0 Å². The molecule has 16 heavy (non-hydrogen) atoms. The minimum absolute atomic E-state index is 0.0374. The van der Waals surface area contributed by atoms with Crippen LogP contribution in [0.5, 0.6) is 0 Å². The van der Waals surface area contributed by atoms with Crippen LogP contribution in [0.1, 0.15) is 68.2 Å². The second-order valence-corrected chi connectivity index (χ2v) is 4.26. The van der Waals surface area contributed by atoms with Crippen molar-refractivity contribution in [2.75, 3.05) is 0 Å². The van der Waals surface area contributed by atoms with Crippen molar-refractivity contribution in [3.05, 3.63) is 23.7 Å². The molecule has 90 valence electrons. The Labute approximate surface area is 96.5 Å². The number of carboxylic acids is 1. The average Bonchev–Trinajstić information content (AvgIpc) is 2.73. The molecule has 1 aromatic heterocycles. The van der Waals surface area contributed by atoms with Crippen molar-refractivity contribution in [3.63, 3.8) is 0 Å². The van der Waals surface area contributed by atoms with Gasteiger partial charge in [-0.05, 0) is 18.6 Å². The van der Waals surface area contributed by atoms with Gasteiger partial charge in [-0.1, -0.05) is 39.5 Å². The molecule has 0 saturated heterocycles. The highest BCUT2D eigenvalue weighted by molar-refractivity contribution is 5.84. The zero-order chi connectivity index (χ0) is 12.0. The van der Waals surface area contributed by atoms with Gasteiger partial charge in [-0.15, -0.1) is 0 Å². The fourth-order valence-corrected chi connectivity index (χ4v) is 1.75. The predicted octanol–water partition coefficient (Wildman–Crippen LogP) is 4.05. The lowest BCUT2D eigenvalue weighted by Crippen LogP contribution is -1.94. The second-order valence-electron chi connectivity index (χ2n) is 4.26. The molecule has 1 aromatic rings. The van der Waals surface area contributed by atoms with E-state index in [1.807, 2.05) is 0 Å². The van der Waals surface area contributed by atoms with E-state index in [9.17, 15) is 4.79 Å². The Kier molecular flexibility index (Phi) is 5.09. The minimum Gasteiger partial charge on any atom is -0.475 e. The lowest BCUT2D eigenvalue weighted by atomic mass is 10.0. The molecule has 1 heterocycles. The highest BCUT2D eigenvalue weighted by Gasteiger charge is 2.13. The van der Waals surface area contributed by atoms with E-state index in [1.165, 1.54) is 31.7 Å². The van der Waals surface area contributed by atoms with Crippen LogP contribution >= 0.6 is 0 Å². The largest absolute Gasteiger partial charge is 0.475 e. The van der Waals surface area contributed by atoms with Crippen molar-refractivity contribution in [1.82, 2.24) is 0 Å². The monoisotopic (exact) mass is 224 g/mol. The number of unbranched alkanes of at least 4 members (excludes halogenated alkanes) is 3. The Hall–Kier alpha value is -1.25. The van der Waals surface area contributed by atoms with Crippen LogP contribution in [0.3, 0.4) is 0 Å². The van der Waals surface area contributed by atoms with E-state index >= 15 is 0 Å². The standard InChI is InChI=1S/C13H20O3/c1-3-4-5-6-7-10(2)11-8-9-12(16-11)13(14)15/h8-10H,3-7H2,1-2H3,(H,14,15). The molecule has 1 atom stereocenters. The predicted molar refractivity (Wildman–Crippen MR) is 62.8 cm³/mol. The second kappa shape index (κ2) is 6.36. The van der Waals surface area contributed by atoms with E-state index in [4.69, 9.17) is 9.52 Å². The van der Waals surface area contributed by atoms with Gasteiger partial charge < -0.3 is 9.52 Å². The molecule has 3 heteroatoms. The topological polar surface area (TPSA) is 50.4 Å². The van der Waals surface area contributed by atoms with Gasteiger partial charge in [0.25, 0.3) is 0 Å². The van der Waals surface area contributed by atoms with E-state index in [1.54, 1.807) is 6.07 Å².